The van der Waals surface area contributed by atoms with Crippen LogP contribution in [0, 0.1) is 13.8 Å². The predicted molar refractivity (Wildman–Crippen MR) is 65.8 cm³/mol. The number of carbonyl (C=O) groups is 1. The van der Waals surface area contributed by atoms with E-state index in [1.807, 2.05) is 0 Å². The van der Waals surface area contributed by atoms with Crippen LogP contribution in [0.1, 0.15) is 40.4 Å². The van der Waals surface area contributed by atoms with Gasteiger partial charge in [-0.25, -0.2) is 8.78 Å². The van der Waals surface area contributed by atoms with Crippen LogP contribution in [0.15, 0.2) is 21.2 Å². The number of nitrogens with zero attached hydrogens (tertiary/aromatic N) is 3. The largest absolute Gasteiger partial charge is 0.459 e. The molecule has 1 atom stereocenters. The average Bonchev–Trinajstić information content (AvgIpc) is 3.08. The average molecular weight is 297 g/mol. The molecule has 2 aromatic rings. The number of halogens is 2. The molecule has 1 fully saturated rings. The van der Waals surface area contributed by atoms with Gasteiger partial charge in [0.05, 0.1) is 12.8 Å². The molecule has 1 aliphatic heterocycles. The Morgan fingerprint density at radius 2 is 2.19 bits per heavy atom. The highest BCUT2D eigenvalue weighted by atomic mass is 19.3. The lowest BCUT2D eigenvalue weighted by Gasteiger charge is -2.20. The van der Waals surface area contributed by atoms with Crippen LogP contribution < -0.4 is 0 Å². The van der Waals surface area contributed by atoms with Gasteiger partial charge < -0.3 is 13.7 Å². The van der Waals surface area contributed by atoms with Crippen molar-refractivity contribution >= 4 is 5.91 Å². The zero-order valence-corrected chi connectivity index (χ0v) is 11.5. The summed E-state index contributed by atoms with van der Waals surface area (Å²) in [5.41, 5.74) is 0.593. The van der Waals surface area contributed by atoms with Crippen LogP contribution in [-0.4, -0.2) is 33.5 Å². The van der Waals surface area contributed by atoms with E-state index >= 15 is 0 Å². The van der Waals surface area contributed by atoms with Crippen LogP contribution in [-0.2, 0) is 0 Å². The second-order valence-electron chi connectivity index (χ2n) is 5.10. The van der Waals surface area contributed by atoms with Crippen molar-refractivity contribution in [3.63, 3.8) is 0 Å². The van der Waals surface area contributed by atoms with Crippen LogP contribution in [0.2, 0.25) is 0 Å². The smallest absolute Gasteiger partial charge is 0.290 e. The number of carbonyl (C=O) groups excluding carboxylic acids is 1. The Morgan fingerprint density at radius 1 is 1.43 bits per heavy atom. The van der Waals surface area contributed by atoms with Gasteiger partial charge in [0.25, 0.3) is 11.8 Å². The molecule has 1 amide bonds. The SMILES string of the molecule is Cc1nnc([C@@H]2CC(F)(F)CN2C(=O)c2occc2C)o1. The Hall–Kier alpha value is -2.25. The Kier molecular flexibility index (Phi) is 3.03. The van der Waals surface area contributed by atoms with Crippen LogP contribution in [0.25, 0.3) is 0 Å². The number of hydrogen-bond donors (Lipinski definition) is 0. The molecule has 112 valence electrons. The van der Waals surface area contributed by atoms with Gasteiger partial charge in [-0.3, -0.25) is 4.79 Å². The van der Waals surface area contributed by atoms with Gasteiger partial charge in [-0.1, -0.05) is 0 Å². The lowest BCUT2D eigenvalue weighted by molar-refractivity contribution is 0.0113. The fourth-order valence-electron chi connectivity index (χ4n) is 2.42. The van der Waals surface area contributed by atoms with E-state index in [4.69, 9.17) is 8.83 Å². The van der Waals surface area contributed by atoms with Crippen molar-refractivity contribution in [2.45, 2.75) is 32.2 Å². The number of likely N-dealkylation sites (tertiary alicyclic amines) is 1. The highest BCUT2D eigenvalue weighted by molar-refractivity contribution is 5.93. The minimum Gasteiger partial charge on any atom is -0.459 e. The predicted octanol–water partition coefficient (Wildman–Crippen LogP) is 2.50. The first-order valence-electron chi connectivity index (χ1n) is 6.40. The molecule has 0 aromatic carbocycles. The molecule has 2 aromatic heterocycles. The van der Waals surface area contributed by atoms with E-state index in [2.05, 4.69) is 10.2 Å². The Balaban J connectivity index is 1.95. The van der Waals surface area contributed by atoms with Gasteiger partial charge in [0.1, 0.15) is 6.04 Å². The van der Waals surface area contributed by atoms with Gasteiger partial charge in [0, 0.05) is 18.9 Å². The molecule has 8 heteroatoms. The van der Waals surface area contributed by atoms with Gasteiger partial charge in [0.2, 0.25) is 11.8 Å². The molecule has 3 heterocycles. The van der Waals surface area contributed by atoms with Gasteiger partial charge in [-0.15, -0.1) is 10.2 Å². The summed E-state index contributed by atoms with van der Waals surface area (Å²) < 4.78 is 37.8. The second kappa shape index (κ2) is 4.64. The molecule has 0 saturated carbocycles. The van der Waals surface area contributed by atoms with E-state index < -0.39 is 30.8 Å². The van der Waals surface area contributed by atoms with E-state index in [1.165, 1.54) is 6.26 Å². The van der Waals surface area contributed by atoms with Crippen LogP contribution in [0.3, 0.4) is 0 Å². The molecule has 6 nitrogen and oxygen atoms in total. The summed E-state index contributed by atoms with van der Waals surface area (Å²) in [6, 6.07) is 0.658. The first-order valence-corrected chi connectivity index (χ1v) is 6.40. The highest BCUT2D eigenvalue weighted by Crippen LogP contribution is 2.41. The molecular weight excluding hydrogens is 284 g/mol. The molecule has 0 aliphatic carbocycles. The fraction of sp³-hybridized carbons (Fsp3) is 0.462. The quantitative estimate of drug-likeness (QED) is 0.851. The first kappa shape index (κ1) is 13.7. The summed E-state index contributed by atoms with van der Waals surface area (Å²) in [7, 11) is 0. The Bertz CT molecular complexity index is 680. The molecular formula is C13H13F2N3O3. The fourth-order valence-corrected chi connectivity index (χ4v) is 2.42. The highest BCUT2D eigenvalue weighted by Gasteiger charge is 2.50. The van der Waals surface area contributed by atoms with E-state index in [1.54, 1.807) is 19.9 Å². The standard InChI is InChI=1S/C13H13F2N3O3/c1-7-3-4-20-10(7)12(19)18-6-13(14,15)5-9(18)11-17-16-8(2)21-11/h3-4,9H,5-6H2,1-2H3/t9-/m0/s1. The maximum absolute atomic E-state index is 13.7. The van der Waals surface area contributed by atoms with E-state index in [0.29, 0.717) is 5.56 Å². The monoisotopic (exact) mass is 297 g/mol. The van der Waals surface area contributed by atoms with E-state index in [-0.39, 0.29) is 17.5 Å². The van der Waals surface area contributed by atoms with Crippen molar-refractivity contribution in [3.8, 4) is 0 Å². The minimum absolute atomic E-state index is 0.0160. The van der Waals surface area contributed by atoms with Gasteiger partial charge in [0.15, 0.2) is 5.76 Å². The van der Waals surface area contributed by atoms with Crippen LogP contribution in [0.5, 0.6) is 0 Å². The molecule has 3 rings (SSSR count). The maximum atomic E-state index is 13.7. The molecule has 0 unspecified atom stereocenters. The summed E-state index contributed by atoms with van der Waals surface area (Å²) in [4.78, 5) is 13.4. The van der Waals surface area contributed by atoms with E-state index in [0.717, 1.165) is 4.90 Å². The summed E-state index contributed by atoms with van der Waals surface area (Å²) in [6.45, 7) is 2.54. The second-order valence-corrected chi connectivity index (χ2v) is 5.10. The van der Waals surface area contributed by atoms with Crippen LogP contribution in [0.4, 0.5) is 8.78 Å². The lowest BCUT2D eigenvalue weighted by Crippen LogP contribution is -2.33. The minimum atomic E-state index is -3.00. The van der Waals surface area contributed by atoms with Crippen molar-refractivity contribution in [3.05, 3.63) is 35.4 Å². The first-order chi connectivity index (χ1) is 9.87. The zero-order valence-electron chi connectivity index (χ0n) is 11.5. The molecule has 1 saturated heterocycles. The molecule has 0 spiro atoms. The number of furan rings is 1. The number of rotatable bonds is 2. The number of hydrogen-bond acceptors (Lipinski definition) is 5. The van der Waals surface area contributed by atoms with Crippen LogP contribution >= 0.6 is 0 Å². The van der Waals surface area contributed by atoms with Crippen molar-refractivity contribution in [2.24, 2.45) is 0 Å². The molecule has 1 aliphatic rings. The molecule has 0 radical (unpaired) electrons. The van der Waals surface area contributed by atoms with Gasteiger partial charge in [-0.2, -0.15) is 0 Å². The third-order valence-corrected chi connectivity index (χ3v) is 3.41. The summed E-state index contributed by atoms with van der Waals surface area (Å²) in [5, 5.41) is 7.39. The molecule has 0 bridgehead atoms. The van der Waals surface area contributed by atoms with Crippen molar-refractivity contribution in [1.82, 2.24) is 15.1 Å². The number of alkyl halides is 2. The summed E-state index contributed by atoms with van der Waals surface area (Å²) in [5.74, 6) is -3.27. The van der Waals surface area contributed by atoms with Crippen molar-refractivity contribution in [1.29, 1.82) is 0 Å². The lowest BCUT2D eigenvalue weighted by atomic mass is 10.2. The Labute approximate surface area is 118 Å². The van der Waals surface area contributed by atoms with Crippen molar-refractivity contribution < 1.29 is 22.4 Å². The normalized spacial score (nSPS) is 21.0. The maximum Gasteiger partial charge on any atom is 0.290 e. The Morgan fingerprint density at radius 3 is 2.76 bits per heavy atom. The topological polar surface area (TPSA) is 72.4 Å². The number of aromatic nitrogens is 2. The van der Waals surface area contributed by atoms with Gasteiger partial charge >= 0.3 is 0 Å². The molecule has 21 heavy (non-hydrogen) atoms. The van der Waals surface area contributed by atoms with Crippen molar-refractivity contribution in [2.75, 3.05) is 6.54 Å². The number of amides is 1. The third-order valence-electron chi connectivity index (χ3n) is 3.41. The number of aryl methyl sites for hydroxylation is 2. The summed E-state index contributed by atoms with van der Waals surface area (Å²) >= 11 is 0. The third kappa shape index (κ3) is 2.41. The summed E-state index contributed by atoms with van der Waals surface area (Å²) in [6.07, 6.45) is 0.808. The molecule has 0 N–H and O–H groups in total. The van der Waals surface area contributed by atoms with E-state index in [9.17, 15) is 13.6 Å². The zero-order chi connectivity index (χ0) is 15.2. The van der Waals surface area contributed by atoms with Gasteiger partial charge in [-0.05, 0) is 13.0 Å².